The van der Waals surface area contributed by atoms with Gasteiger partial charge < -0.3 is 10.6 Å². The second-order valence-electron chi connectivity index (χ2n) is 5.82. The Kier molecular flexibility index (Phi) is 4.90. The average molecular weight is 343 g/mol. The summed E-state index contributed by atoms with van der Waals surface area (Å²) in [7, 11) is 0. The molecule has 1 amide bonds. The summed E-state index contributed by atoms with van der Waals surface area (Å²) < 4.78 is 0. The van der Waals surface area contributed by atoms with E-state index in [0.29, 0.717) is 22.9 Å². The number of hydrogen-bond donors (Lipinski definition) is 2. The standard InChI is InChI=1S/C20H17N5O/c1-13-3-7-17(8-4-13)25-20(26)18-11-19(23-14(2)22-18)24-16-9-5-15(12-21)6-10-16/h3-11H,1-2H3,(H,25,26)(H,22,23,24). The van der Waals surface area contributed by atoms with Crippen LogP contribution in [-0.4, -0.2) is 15.9 Å². The molecule has 0 aliphatic carbocycles. The van der Waals surface area contributed by atoms with Gasteiger partial charge in [-0.2, -0.15) is 5.26 Å². The zero-order chi connectivity index (χ0) is 18.5. The lowest BCUT2D eigenvalue weighted by molar-refractivity contribution is 0.102. The van der Waals surface area contributed by atoms with Gasteiger partial charge in [0.2, 0.25) is 0 Å². The average Bonchev–Trinajstić information content (AvgIpc) is 2.64. The highest BCUT2D eigenvalue weighted by atomic mass is 16.1. The predicted octanol–water partition coefficient (Wildman–Crippen LogP) is 3.96. The van der Waals surface area contributed by atoms with Gasteiger partial charge in [-0.15, -0.1) is 0 Å². The van der Waals surface area contributed by atoms with E-state index in [1.54, 1.807) is 37.3 Å². The number of carbonyl (C=O) groups is 1. The molecule has 0 radical (unpaired) electrons. The van der Waals surface area contributed by atoms with Gasteiger partial charge >= 0.3 is 0 Å². The third-order valence-corrected chi connectivity index (χ3v) is 3.67. The molecular weight excluding hydrogens is 326 g/mol. The molecular formula is C20H17N5O. The van der Waals surface area contributed by atoms with Crippen molar-refractivity contribution < 1.29 is 4.79 Å². The van der Waals surface area contributed by atoms with Crippen molar-refractivity contribution in [2.24, 2.45) is 0 Å². The number of nitrogens with zero attached hydrogens (tertiary/aromatic N) is 3. The number of carbonyl (C=O) groups excluding carboxylic acids is 1. The SMILES string of the molecule is Cc1ccc(NC(=O)c2cc(Nc3ccc(C#N)cc3)nc(C)n2)cc1. The van der Waals surface area contributed by atoms with Gasteiger partial charge in [0.25, 0.3) is 5.91 Å². The summed E-state index contributed by atoms with van der Waals surface area (Å²) >= 11 is 0. The van der Waals surface area contributed by atoms with E-state index in [4.69, 9.17) is 5.26 Å². The summed E-state index contributed by atoms with van der Waals surface area (Å²) in [6.07, 6.45) is 0. The highest BCUT2D eigenvalue weighted by molar-refractivity contribution is 6.03. The molecule has 0 saturated carbocycles. The number of benzene rings is 2. The Hall–Kier alpha value is -3.72. The quantitative estimate of drug-likeness (QED) is 0.748. The molecule has 2 N–H and O–H groups in total. The number of aryl methyl sites for hydroxylation is 2. The lowest BCUT2D eigenvalue weighted by atomic mass is 10.2. The molecule has 1 heterocycles. The van der Waals surface area contributed by atoms with E-state index in [2.05, 4.69) is 26.7 Å². The van der Waals surface area contributed by atoms with Gasteiger partial charge in [0.1, 0.15) is 17.3 Å². The maximum absolute atomic E-state index is 12.5. The van der Waals surface area contributed by atoms with Crippen molar-refractivity contribution >= 4 is 23.1 Å². The third kappa shape index (κ3) is 4.22. The van der Waals surface area contributed by atoms with Crippen LogP contribution in [0.2, 0.25) is 0 Å². The van der Waals surface area contributed by atoms with E-state index in [9.17, 15) is 4.79 Å². The first-order chi connectivity index (χ1) is 12.5. The number of hydrogen-bond acceptors (Lipinski definition) is 5. The highest BCUT2D eigenvalue weighted by Gasteiger charge is 2.11. The van der Waals surface area contributed by atoms with E-state index < -0.39 is 0 Å². The van der Waals surface area contributed by atoms with E-state index >= 15 is 0 Å². The van der Waals surface area contributed by atoms with E-state index in [0.717, 1.165) is 11.3 Å². The molecule has 0 bridgehead atoms. The number of nitriles is 1. The summed E-state index contributed by atoms with van der Waals surface area (Å²) in [6, 6.07) is 18.2. The molecule has 3 aromatic rings. The smallest absolute Gasteiger partial charge is 0.274 e. The van der Waals surface area contributed by atoms with Gasteiger partial charge in [0.15, 0.2) is 0 Å². The molecule has 6 heteroatoms. The Labute approximate surface area is 151 Å². The van der Waals surface area contributed by atoms with Crippen LogP contribution in [0.15, 0.2) is 54.6 Å². The third-order valence-electron chi connectivity index (χ3n) is 3.67. The second-order valence-corrected chi connectivity index (χ2v) is 5.82. The molecule has 128 valence electrons. The van der Waals surface area contributed by atoms with Crippen LogP contribution in [-0.2, 0) is 0 Å². The maximum Gasteiger partial charge on any atom is 0.274 e. The fraction of sp³-hybridized carbons (Fsp3) is 0.100. The molecule has 0 atom stereocenters. The Morgan fingerprint density at radius 2 is 1.62 bits per heavy atom. The molecule has 0 spiro atoms. The van der Waals surface area contributed by atoms with Gasteiger partial charge in [-0.25, -0.2) is 9.97 Å². The molecule has 0 fully saturated rings. The van der Waals surface area contributed by atoms with Crippen molar-refractivity contribution in [2.45, 2.75) is 13.8 Å². The normalized spacial score (nSPS) is 10.0. The molecule has 0 unspecified atom stereocenters. The lowest BCUT2D eigenvalue weighted by Gasteiger charge is -2.09. The van der Waals surface area contributed by atoms with Crippen molar-refractivity contribution in [1.29, 1.82) is 5.26 Å². The van der Waals surface area contributed by atoms with Gasteiger partial charge in [0, 0.05) is 17.4 Å². The zero-order valence-corrected chi connectivity index (χ0v) is 14.4. The number of aromatic nitrogens is 2. The van der Waals surface area contributed by atoms with Crippen molar-refractivity contribution in [2.75, 3.05) is 10.6 Å². The molecule has 1 aromatic heterocycles. The Balaban J connectivity index is 1.79. The van der Waals surface area contributed by atoms with Gasteiger partial charge in [0.05, 0.1) is 11.6 Å². The van der Waals surface area contributed by atoms with Crippen molar-refractivity contribution in [3.63, 3.8) is 0 Å². The van der Waals surface area contributed by atoms with Crippen LogP contribution in [0.25, 0.3) is 0 Å². The molecule has 0 aliphatic rings. The van der Waals surface area contributed by atoms with Gasteiger partial charge in [-0.05, 0) is 50.2 Å². The van der Waals surface area contributed by atoms with Gasteiger partial charge in [-0.1, -0.05) is 17.7 Å². The van der Waals surface area contributed by atoms with Crippen molar-refractivity contribution in [1.82, 2.24) is 9.97 Å². The van der Waals surface area contributed by atoms with Gasteiger partial charge in [-0.3, -0.25) is 4.79 Å². The summed E-state index contributed by atoms with van der Waals surface area (Å²) in [5.74, 6) is 0.691. The summed E-state index contributed by atoms with van der Waals surface area (Å²) in [4.78, 5) is 21.0. The van der Waals surface area contributed by atoms with E-state index in [1.165, 1.54) is 0 Å². The molecule has 26 heavy (non-hydrogen) atoms. The topological polar surface area (TPSA) is 90.7 Å². The van der Waals surface area contributed by atoms with Crippen LogP contribution in [0.4, 0.5) is 17.2 Å². The number of amides is 1. The lowest BCUT2D eigenvalue weighted by Crippen LogP contribution is -2.15. The number of rotatable bonds is 4. The minimum Gasteiger partial charge on any atom is -0.340 e. The minimum atomic E-state index is -0.303. The molecule has 2 aromatic carbocycles. The minimum absolute atomic E-state index is 0.272. The number of nitrogens with one attached hydrogen (secondary N) is 2. The maximum atomic E-state index is 12.5. The van der Waals surface area contributed by atoms with Crippen LogP contribution in [0, 0.1) is 25.2 Å². The fourth-order valence-electron chi connectivity index (χ4n) is 2.36. The summed E-state index contributed by atoms with van der Waals surface area (Å²) in [6.45, 7) is 3.72. The summed E-state index contributed by atoms with van der Waals surface area (Å²) in [5, 5.41) is 14.8. The van der Waals surface area contributed by atoms with Crippen LogP contribution in [0.3, 0.4) is 0 Å². The first-order valence-electron chi connectivity index (χ1n) is 8.04. The largest absolute Gasteiger partial charge is 0.340 e. The van der Waals surface area contributed by atoms with Crippen molar-refractivity contribution in [3.8, 4) is 6.07 Å². The monoisotopic (exact) mass is 343 g/mol. The molecule has 3 rings (SSSR count). The Morgan fingerprint density at radius 1 is 0.962 bits per heavy atom. The van der Waals surface area contributed by atoms with Crippen LogP contribution in [0.5, 0.6) is 0 Å². The van der Waals surface area contributed by atoms with Crippen LogP contribution < -0.4 is 10.6 Å². The first-order valence-corrected chi connectivity index (χ1v) is 8.04. The fourth-order valence-corrected chi connectivity index (χ4v) is 2.36. The predicted molar refractivity (Wildman–Crippen MR) is 100 cm³/mol. The van der Waals surface area contributed by atoms with E-state index in [1.807, 2.05) is 31.2 Å². The highest BCUT2D eigenvalue weighted by Crippen LogP contribution is 2.17. The number of anilines is 3. The zero-order valence-electron chi connectivity index (χ0n) is 14.4. The van der Waals surface area contributed by atoms with Crippen LogP contribution in [0.1, 0.15) is 27.4 Å². The first kappa shape index (κ1) is 17.1. The molecule has 0 saturated heterocycles. The second kappa shape index (κ2) is 7.45. The van der Waals surface area contributed by atoms with Crippen LogP contribution >= 0.6 is 0 Å². The Morgan fingerprint density at radius 3 is 2.27 bits per heavy atom. The summed E-state index contributed by atoms with van der Waals surface area (Å²) in [5.41, 5.74) is 3.45. The molecule has 6 nitrogen and oxygen atoms in total. The van der Waals surface area contributed by atoms with E-state index in [-0.39, 0.29) is 11.6 Å². The van der Waals surface area contributed by atoms with Crippen molar-refractivity contribution in [3.05, 3.63) is 77.2 Å². The Bertz CT molecular complexity index is 973. The molecule has 0 aliphatic heterocycles.